The van der Waals surface area contributed by atoms with Gasteiger partial charge in [0, 0.05) is 6.07 Å². The van der Waals surface area contributed by atoms with Crippen LogP contribution in [-0.4, -0.2) is 11.5 Å². The molecule has 5 nitrogen and oxygen atoms in total. The fraction of sp³-hybridized carbons (Fsp3) is 0.417. The second-order valence-electron chi connectivity index (χ2n) is 3.84. The number of nitro groups is 1. The molecule has 1 atom stereocenters. The normalized spacial score (nSPS) is 11.8. The minimum atomic E-state index is -0.549. The molecule has 0 amide bonds. The number of nitro benzene ring substituents is 1. The van der Waals surface area contributed by atoms with Gasteiger partial charge in [-0.05, 0) is 24.6 Å². The maximum atomic E-state index is 10.8. The highest BCUT2D eigenvalue weighted by Crippen LogP contribution is 2.27. The van der Waals surface area contributed by atoms with Gasteiger partial charge >= 0.3 is 0 Å². The predicted molar refractivity (Wildman–Crippen MR) is 69.4 cm³/mol. The van der Waals surface area contributed by atoms with Gasteiger partial charge in [0.2, 0.25) is 0 Å². The lowest BCUT2D eigenvalue weighted by atomic mass is 10.1. The Morgan fingerprint density at radius 2 is 2.33 bits per heavy atom. The van der Waals surface area contributed by atoms with Gasteiger partial charge in [-0.25, -0.2) is 0 Å². The average molecular weight is 268 g/mol. The Morgan fingerprint density at radius 1 is 1.61 bits per heavy atom. The van der Waals surface area contributed by atoms with Gasteiger partial charge in [-0.3, -0.25) is 15.4 Å². The van der Waals surface area contributed by atoms with Crippen molar-refractivity contribution in [1.82, 2.24) is 5.32 Å². The molecule has 1 unspecified atom stereocenters. The Kier molecular flexibility index (Phi) is 5.56. The molecule has 0 saturated carbocycles. The topological polar surface area (TPSA) is 79.0 Å². The third-order valence-corrected chi connectivity index (χ3v) is 2.83. The molecule has 0 heterocycles. The van der Waals surface area contributed by atoms with Crippen molar-refractivity contribution in [3.8, 4) is 6.07 Å². The summed E-state index contributed by atoms with van der Waals surface area (Å²) in [6.45, 7) is 2.75. The van der Waals surface area contributed by atoms with Gasteiger partial charge < -0.3 is 0 Å². The quantitative estimate of drug-likeness (QED) is 0.488. The number of hydrogen-bond donors (Lipinski definition) is 1. The molecule has 6 heteroatoms. The van der Waals surface area contributed by atoms with E-state index in [1.165, 1.54) is 12.1 Å². The summed E-state index contributed by atoms with van der Waals surface area (Å²) in [5.74, 6) is 0. The van der Waals surface area contributed by atoms with Crippen LogP contribution in [0, 0.1) is 21.4 Å². The van der Waals surface area contributed by atoms with Crippen molar-refractivity contribution in [3.05, 3.63) is 38.9 Å². The van der Waals surface area contributed by atoms with Crippen LogP contribution in [0.5, 0.6) is 0 Å². The zero-order chi connectivity index (χ0) is 13.5. The van der Waals surface area contributed by atoms with Crippen molar-refractivity contribution in [3.63, 3.8) is 0 Å². The van der Waals surface area contributed by atoms with E-state index in [9.17, 15) is 10.1 Å². The lowest BCUT2D eigenvalue weighted by Gasteiger charge is -2.11. The average Bonchev–Trinajstić information content (AvgIpc) is 2.35. The number of nitriles is 1. The number of nitrogens with zero attached hydrogens (tertiary/aromatic N) is 2. The van der Waals surface area contributed by atoms with Crippen molar-refractivity contribution < 1.29 is 4.92 Å². The summed E-state index contributed by atoms with van der Waals surface area (Å²) < 4.78 is 0. The number of unbranched alkanes of at least 4 members (excludes halogenated alkanes) is 1. The van der Waals surface area contributed by atoms with Gasteiger partial charge in [-0.2, -0.15) is 5.26 Å². The minimum absolute atomic E-state index is 0.0778. The molecule has 96 valence electrons. The van der Waals surface area contributed by atoms with E-state index >= 15 is 0 Å². The maximum absolute atomic E-state index is 10.8. The van der Waals surface area contributed by atoms with Crippen molar-refractivity contribution >= 4 is 17.3 Å². The van der Waals surface area contributed by atoms with E-state index < -0.39 is 11.0 Å². The van der Waals surface area contributed by atoms with Crippen LogP contribution >= 0.6 is 11.6 Å². The lowest BCUT2D eigenvalue weighted by Crippen LogP contribution is -2.21. The highest BCUT2D eigenvalue weighted by Gasteiger charge is 2.17. The molecule has 18 heavy (non-hydrogen) atoms. The zero-order valence-electron chi connectivity index (χ0n) is 10.0. The molecule has 0 aliphatic heterocycles. The standard InChI is InChI=1S/C12H14ClN3O2/c1-2-3-6-15-11(8-14)9-4-5-10(13)12(7-9)16(17)18/h4-5,7,11,15H,2-3,6H2,1H3. The molecule has 0 radical (unpaired) electrons. The SMILES string of the molecule is CCCCNC(C#N)c1ccc(Cl)c([N+](=O)[O-])c1. The Bertz CT molecular complexity index is 471. The first-order valence-electron chi connectivity index (χ1n) is 5.67. The number of hydrogen-bond acceptors (Lipinski definition) is 4. The fourth-order valence-corrected chi connectivity index (χ4v) is 1.70. The second kappa shape index (κ2) is 6.94. The predicted octanol–water partition coefficient (Wildman–Crippen LogP) is 3.20. The van der Waals surface area contributed by atoms with Crippen LogP contribution in [0.2, 0.25) is 5.02 Å². The summed E-state index contributed by atoms with van der Waals surface area (Å²) >= 11 is 5.72. The van der Waals surface area contributed by atoms with Gasteiger partial charge in [0.1, 0.15) is 11.1 Å². The van der Waals surface area contributed by atoms with E-state index in [0.29, 0.717) is 12.1 Å². The van der Waals surface area contributed by atoms with Crippen molar-refractivity contribution in [2.45, 2.75) is 25.8 Å². The van der Waals surface area contributed by atoms with Gasteiger partial charge in [-0.1, -0.05) is 31.0 Å². The Balaban J connectivity index is 2.90. The highest BCUT2D eigenvalue weighted by molar-refractivity contribution is 6.32. The molecule has 1 aromatic carbocycles. The van der Waals surface area contributed by atoms with Crippen LogP contribution in [0.25, 0.3) is 0 Å². The molecule has 0 aromatic heterocycles. The first-order chi connectivity index (χ1) is 8.60. The van der Waals surface area contributed by atoms with Crippen LogP contribution in [-0.2, 0) is 0 Å². The molecule has 0 spiro atoms. The van der Waals surface area contributed by atoms with E-state index in [1.54, 1.807) is 6.07 Å². The monoisotopic (exact) mass is 267 g/mol. The minimum Gasteiger partial charge on any atom is -0.298 e. The molecule has 0 bridgehead atoms. The van der Waals surface area contributed by atoms with E-state index in [1.807, 2.05) is 0 Å². The van der Waals surface area contributed by atoms with Gasteiger partial charge in [0.25, 0.3) is 5.69 Å². The molecule has 1 aromatic rings. The molecule has 0 fully saturated rings. The van der Waals surface area contributed by atoms with Gasteiger partial charge in [-0.15, -0.1) is 0 Å². The van der Waals surface area contributed by atoms with E-state index in [-0.39, 0.29) is 10.7 Å². The summed E-state index contributed by atoms with van der Waals surface area (Å²) in [6, 6.07) is 5.95. The first kappa shape index (κ1) is 14.4. The third-order valence-electron chi connectivity index (χ3n) is 2.51. The number of halogens is 1. The van der Waals surface area contributed by atoms with E-state index in [0.717, 1.165) is 12.8 Å². The molecule has 1 rings (SSSR count). The zero-order valence-corrected chi connectivity index (χ0v) is 10.8. The Labute approximate surface area is 111 Å². The van der Waals surface area contributed by atoms with Crippen molar-refractivity contribution in [2.75, 3.05) is 6.54 Å². The molecule has 1 N–H and O–H groups in total. The second-order valence-corrected chi connectivity index (χ2v) is 4.24. The summed E-state index contributed by atoms with van der Waals surface area (Å²) in [5.41, 5.74) is 0.386. The summed E-state index contributed by atoms with van der Waals surface area (Å²) in [6.07, 6.45) is 1.97. The largest absolute Gasteiger partial charge is 0.298 e. The highest BCUT2D eigenvalue weighted by atomic mass is 35.5. The molecular formula is C12H14ClN3O2. The van der Waals surface area contributed by atoms with Crippen LogP contribution < -0.4 is 5.32 Å². The van der Waals surface area contributed by atoms with E-state index in [2.05, 4.69) is 18.3 Å². The number of rotatable bonds is 6. The molecule has 0 aliphatic rings. The fourth-order valence-electron chi connectivity index (χ4n) is 1.51. The number of benzene rings is 1. The van der Waals surface area contributed by atoms with Crippen LogP contribution in [0.3, 0.4) is 0 Å². The number of nitrogens with one attached hydrogen (secondary N) is 1. The summed E-state index contributed by atoms with van der Waals surface area (Å²) in [4.78, 5) is 10.2. The summed E-state index contributed by atoms with van der Waals surface area (Å²) in [5, 5.41) is 22.9. The van der Waals surface area contributed by atoms with Crippen molar-refractivity contribution in [2.24, 2.45) is 0 Å². The first-order valence-corrected chi connectivity index (χ1v) is 6.04. The smallest absolute Gasteiger partial charge is 0.288 e. The molecule has 0 saturated heterocycles. The Hall–Kier alpha value is -1.64. The third kappa shape index (κ3) is 3.69. The van der Waals surface area contributed by atoms with Gasteiger partial charge in [0.15, 0.2) is 0 Å². The summed E-state index contributed by atoms with van der Waals surface area (Å²) in [7, 11) is 0. The van der Waals surface area contributed by atoms with E-state index in [4.69, 9.17) is 16.9 Å². The lowest BCUT2D eigenvalue weighted by molar-refractivity contribution is -0.384. The van der Waals surface area contributed by atoms with Crippen molar-refractivity contribution in [1.29, 1.82) is 5.26 Å². The van der Waals surface area contributed by atoms with Crippen LogP contribution in [0.1, 0.15) is 31.4 Å². The van der Waals surface area contributed by atoms with Crippen LogP contribution in [0.15, 0.2) is 18.2 Å². The Morgan fingerprint density at radius 3 is 2.89 bits per heavy atom. The van der Waals surface area contributed by atoms with Gasteiger partial charge in [0.05, 0.1) is 11.0 Å². The van der Waals surface area contributed by atoms with Crippen LogP contribution in [0.4, 0.5) is 5.69 Å². The maximum Gasteiger partial charge on any atom is 0.288 e. The molecular weight excluding hydrogens is 254 g/mol. The molecule has 0 aliphatic carbocycles.